The number of hydrogen-bond donors (Lipinski definition) is 0. The highest BCUT2D eigenvalue weighted by Crippen LogP contribution is 2.29. The molecule has 0 saturated heterocycles. The van der Waals surface area contributed by atoms with E-state index >= 15 is 0 Å². The average Bonchev–Trinajstić information content (AvgIpc) is 2.16. The van der Waals surface area contributed by atoms with Crippen LogP contribution in [0, 0.1) is 11.8 Å². The summed E-state index contributed by atoms with van der Waals surface area (Å²) >= 11 is 0. The first-order chi connectivity index (χ1) is 6.72. The highest BCUT2D eigenvalue weighted by Gasteiger charge is 2.14. The smallest absolute Gasteiger partial charge is 0.120 e. The van der Waals surface area contributed by atoms with Gasteiger partial charge in [-0.05, 0) is 43.9 Å². The molecule has 0 aromatic heterocycles. The Morgan fingerprint density at radius 2 is 2.36 bits per heavy atom. The summed E-state index contributed by atoms with van der Waals surface area (Å²) in [6, 6.07) is 0. The van der Waals surface area contributed by atoms with Crippen LogP contribution in [0.4, 0.5) is 0 Å². The van der Waals surface area contributed by atoms with Crippen molar-refractivity contribution >= 4 is 6.29 Å². The molecule has 0 saturated carbocycles. The zero-order valence-electron chi connectivity index (χ0n) is 9.46. The van der Waals surface area contributed by atoms with E-state index in [0.717, 1.165) is 24.5 Å². The number of carbonyl (C=O) groups is 1. The summed E-state index contributed by atoms with van der Waals surface area (Å²) in [6.07, 6.45) is 10.3. The number of rotatable bonds is 5. The molecule has 0 aromatic carbocycles. The number of allylic oxidation sites excluding steroid dienone is 2. The van der Waals surface area contributed by atoms with Crippen molar-refractivity contribution < 1.29 is 4.79 Å². The van der Waals surface area contributed by atoms with Crippen LogP contribution in [0.25, 0.3) is 0 Å². The van der Waals surface area contributed by atoms with Gasteiger partial charge in [0.2, 0.25) is 0 Å². The lowest BCUT2D eigenvalue weighted by Crippen LogP contribution is -2.08. The molecule has 1 atom stereocenters. The Labute approximate surface area is 87.6 Å². The summed E-state index contributed by atoms with van der Waals surface area (Å²) in [5, 5.41) is 0. The third kappa shape index (κ3) is 4.08. The van der Waals surface area contributed by atoms with Crippen LogP contribution >= 0.6 is 0 Å². The standard InChI is InChI=1S/C13H22O/c1-11(2)10-13-7-5-12(6-8-13)4-3-9-14/h5,9,11,13H,3-4,6-8,10H2,1-2H3/t13-/m0/s1. The first kappa shape index (κ1) is 11.5. The Hall–Kier alpha value is -0.590. The zero-order valence-corrected chi connectivity index (χ0v) is 9.46. The quantitative estimate of drug-likeness (QED) is 0.481. The Morgan fingerprint density at radius 1 is 1.57 bits per heavy atom. The van der Waals surface area contributed by atoms with E-state index < -0.39 is 0 Å². The molecule has 0 radical (unpaired) electrons. The molecule has 0 fully saturated rings. The lowest BCUT2D eigenvalue weighted by atomic mass is 9.83. The minimum atomic E-state index is 0.709. The maximum absolute atomic E-state index is 10.2. The van der Waals surface area contributed by atoms with Gasteiger partial charge in [-0.15, -0.1) is 0 Å². The minimum absolute atomic E-state index is 0.709. The Balaban J connectivity index is 2.27. The van der Waals surface area contributed by atoms with Gasteiger partial charge in [0.15, 0.2) is 0 Å². The Bertz CT molecular complexity index is 203. The maximum Gasteiger partial charge on any atom is 0.120 e. The maximum atomic E-state index is 10.2. The Kier molecular flexibility index (Phi) is 4.92. The zero-order chi connectivity index (χ0) is 10.4. The third-order valence-electron chi connectivity index (χ3n) is 3.00. The van der Waals surface area contributed by atoms with E-state index in [1.807, 2.05) is 0 Å². The van der Waals surface area contributed by atoms with Crippen molar-refractivity contribution in [1.29, 1.82) is 0 Å². The van der Waals surface area contributed by atoms with Gasteiger partial charge in [-0.2, -0.15) is 0 Å². The highest BCUT2D eigenvalue weighted by molar-refractivity contribution is 5.49. The monoisotopic (exact) mass is 194 g/mol. The van der Waals surface area contributed by atoms with E-state index in [1.165, 1.54) is 31.3 Å². The largest absolute Gasteiger partial charge is 0.303 e. The van der Waals surface area contributed by atoms with Gasteiger partial charge in [0.1, 0.15) is 6.29 Å². The van der Waals surface area contributed by atoms with Crippen LogP contribution in [0.3, 0.4) is 0 Å². The number of carbonyl (C=O) groups excluding carboxylic acids is 1. The van der Waals surface area contributed by atoms with Crippen LogP contribution in [-0.2, 0) is 4.79 Å². The minimum Gasteiger partial charge on any atom is -0.303 e. The molecule has 0 bridgehead atoms. The summed E-state index contributed by atoms with van der Waals surface area (Å²) in [5.74, 6) is 1.72. The molecule has 1 rings (SSSR count). The van der Waals surface area contributed by atoms with Gasteiger partial charge < -0.3 is 4.79 Å². The summed E-state index contributed by atoms with van der Waals surface area (Å²) < 4.78 is 0. The van der Waals surface area contributed by atoms with Gasteiger partial charge in [0.25, 0.3) is 0 Å². The van der Waals surface area contributed by atoms with Crippen LogP contribution in [0.15, 0.2) is 11.6 Å². The van der Waals surface area contributed by atoms with Crippen LogP contribution in [-0.4, -0.2) is 6.29 Å². The van der Waals surface area contributed by atoms with Crippen LogP contribution in [0.2, 0.25) is 0 Å². The molecule has 0 aromatic rings. The first-order valence-corrected chi connectivity index (χ1v) is 5.84. The SMILES string of the molecule is CC(C)C[C@H]1CC=C(CCC=O)CC1. The molecular formula is C13H22O. The van der Waals surface area contributed by atoms with Crippen molar-refractivity contribution in [3.8, 4) is 0 Å². The topological polar surface area (TPSA) is 17.1 Å². The highest BCUT2D eigenvalue weighted by atomic mass is 16.1. The molecule has 0 spiro atoms. The van der Waals surface area contributed by atoms with Gasteiger partial charge in [-0.1, -0.05) is 25.5 Å². The molecule has 0 N–H and O–H groups in total. The van der Waals surface area contributed by atoms with Gasteiger partial charge in [-0.25, -0.2) is 0 Å². The molecule has 80 valence electrons. The molecule has 14 heavy (non-hydrogen) atoms. The van der Waals surface area contributed by atoms with Crippen LogP contribution < -0.4 is 0 Å². The second-order valence-corrected chi connectivity index (χ2v) is 4.84. The van der Waals surface area contributed by atoms with Gasteiger partial charge >= 0.3 is 0 Å². The van der Waals surface area contributed by atoms with Crippen molar-refractivity contribution in [2.45, 2.75) is 52.4 Å². The van der Waals surface area contributed by atoms with E-state index in [4.69, 9.17) is 0 Å². The summed E-state index contributed by atoms with van der Waals surface area (Å²) in [6.45, 7) is 4.59. The van der Waals surface area contributed by atoms with E-state index in [2.05, 4.69) is 19.9 Å². The van der Waals surface area contributed by atoms with E-state index in [9.17, 15) is 4.79 Å². The fourth-order valence-corrected chi connectivity index (χ4v) is 2.29. The lowest BCUT2D eigenvalue weighted by molar-refractivity contribution is -0.107. The van der Waals surface area contributed by atoms with Crippen molar-refractivity contribution in [3.63, 3.8) is 0 Å². The molecule has 0 heterocycles. The van der Waals surface area contributed by atoms with E-state index in [-0.39, 0.29) is 0 Å². The van der Waals surface area contributed by atoms with Gasteiger partial charge in [0.05, 0.1) is 0 Å². The predicted octanol–water partition coefficient (Wildman–Crippen LogP) is 3.74. The van der Waals surface area contributed by atoms with Crippen LogP contribution in [0.1, 0.15) is 52.4 Å². The van der Waals surface area contributed by atoms with Crippen LogP contribution in [0.5, 0.6) is 0 Å². The molecule has 1 nitrogen and oxygen atoms in total. The molecule has 0 amide bonds. The fraction of sp³-hybridized carbons (Fsp3) is 0.769. The molecule has 1 aliphatic carbocycles. The lowest BCUT2D eigenvalue weighted by Gasteiger charge is -2.23. The second-order valence-electron chi connectivity index (χ2n) is 4.84. The van der Waals surface area contributed by atoms with Crippen molar-refractivity contribution in [2.75, 3.05) is 0 Å². The number of hydrogen-bond acceptors (Lipinski definition) is 1. The molecule has 1 aliphatic rings. The molecule has 0 aliphatic heterocycles. The second kappa shape index (κ2) is 6.00. The van der Waals surface area contributed by atoms with E-state index in [1.54, 1.807) is 0 Å². The predicted molar refractivity (Wildman–Crippen MR) is 60.2 cm³/mol. The average molecular weight is 194 g/mol. The third-order valence-corrected chi connectivity index (χ3v) is 3.00. The first-order valence-electron chi connectivity index (χ1n) is 5.84. The number of aldehydes is 1. The summed E-state index contributed by atoms with van der Waals surface area (Å²) in [5.41, 5.74) is 1.51. The van der Waals surface area contributed by atoms with Gasteiger partial charge in [-0.3, -0.25) is 0 Å². The normalized spacial score (nSPS) is 22.2. The Morgan fingerprint density at radius 3 is 2.86 bits per heavy atom. The van der Waals surface area contributed by atoms with E-state index in [0.29, 0.717) is 6.42 Å². The summed E-state index contributed by atoms with van der Waals surface area (Å²) in [4.78, 5) is 10.2. The van der Waals surface area contributed by atoms with Gasteiger partial charge in [0, 0.05) is 6.42 Å². The summed E-state index contributed by atoms with van der Waals surface area (Å²) in [7, 11) is 0. The van der Waals surface area contributed by atoms with Crippen molar-refractivity contribution in [1.82, 2.24) is 0 Å². The van der Waals surface area contributed by atoms with Crippen molar-refractivity contribution in [2.24, 2.45) is 11.8 Å². The van der Waals surface area contributed by atoms with Crippen molar-refractivity contribution in [3.05, 3.63) is 11.6 Å². The fourth-order valence-electron chi connectivity index (χ4n) is 2.29. The molecule has 1 heteroatoms. The molecular weight excluding hydrogens is 172 g/mol. The molecule has 0 unspecified atom stereocenters.